The quantitative estimate of drug-likeness (QED) is 0.933. The molecule has 1 aliphatic rings. The Hall–Kier alpha value is -2.36. The topological polar surface area (TPSA) is 45.2 Å². The summed E-state index contributed by atoms with van der Waals surface area (Å²) in [7, 11) is 0. The first-order valence-electron chi connectivity index (χ1n) is 8.78. The van der Waals surface area contributed by atoms with E-state index in [2.05, 4.69) is 46.4 Å². The van der Waals surface area contributed by atoms with Gasteiger partial charge in [0.2, 0.25) is 0 Å². The molecule has 0 bridgehead atoms. The van der Waals surface area contributed by atoms with Crippen molar-refractivity contribution < 1.29 is 4.79 Å². The molecule has 0 aliphatic carbocycles. The molecule has 1 aromatic heterocycles. The van der Waals surface area contributed by atoms with Crippen molar-refractivity contribution >= 4 is 11.7 Å². The highest BCUT2D eigenvalue weighted by Crippen LogP contribution is 2.21. The van der Waals surface area contributed by atoms with Crippen molar-refractivity contribution in [2.45, 2.75) is 39.2 Å². The van der Waals surface area contributed by atoms with Crippen LogP contribution in [0.25, 0.3) is 0 Å². The molecule has 1 aliphatic heterocycles. The molecule has 0 spiro atoms. The maximum Gasteiger partial charge on any atom is 0.255 e. The fourth-order valence-corrected chi connectivity index (χ4v) is 3.09. The number of aromatic nitrogens is 1. The second-order valence-electron chi connectivity index (χ2n) is 6.44. The van der Waals surface area contributed by atoms with Crippen molar-refractivity contribution in [2.75, 3.05) is 18.0 Å². The summed E-state index contributed by atoms with van der Waals surface area (Å²) in [4.78, 5) is 19.4. The Kier molecular flexibility index (Phi) is 5.47. The molecule has 2 heterocycles. The average molecular weight is 323 g/mol. The van der Waals surface area contributed by atoms with Gasteiger partial charge < -0.3 is 10.2 Å². The molecule has 0 unspecified atom stereocenters. The summed E-state index contributed by atoms with van der Waals surface area (Å²) in [5.41, 5.74) is 3.00. The first kappa shape index (κ1) is 16.5. The molecule has 0 radical (unpaired) electrons. The van der Waals surface area contributed by atoms with Gasteiger partial charge in [-0.1, -0.05) is 42.7 Å². The Morgan fingerprint density at radius 2 is 1.79 bits per heavy atom. The molecule has 24 heavy (non-hydrogen) atoms. The predicted molar refractivity (Wildman–Crippen MR) is 97.3 cm³/mol. The van der Waals surface area contributed by atoms with Gasteiger partial charge in [0.15, 0.2) is 0 Å². The van der Waals surface area contributed by atoms with Crippen molar-refractivity contribution in [1.29, 1.82) is 0 Å². The van der Waals surface area contributed by atoms with E-state index < -0.39 is 0 Å². The van der Waals surface area contributed by atoms with Crippen molar-refractivity contribution in [3.63, 3.8) is 0 Å². The zero-order valence-corrected chi connectivity index (χ0v) is 14.3. The molecule has 2 aromatic rings. The fraction of sp³-hybridized carbons (Fsp3) is 0.400. The van der Waals surface area contributed by atoms with Crippen LogP contribution >= 0.6 is 0 Å². The van der Waals surface area contributed by atoms with Gasteiger partial charge in [-0.25, -0.2) is 4.98 Å². The number of nitrogens with zero attached hydrogens (tertiary/aromatic N) is 2. The number of hydrogen-bond donors (Lipinski definition) is 1. The van der Waals surface area contributed by atoms with Gasteiger partial charge in [0.1, 0.15) is 5.82 Å². The van der Waals surface area contributed by atoms with Crippen molar-refractivity contribution in [3.8, 4) is 0 Å². The summed E-state index contributed by atoms with van der Waals surface area (Å²) in [6.45, 7) is 4.56. The van der Waals surface area contributed by atoms with Crippen LogP contribution in [0.1, 0.15) is 47.2 Å². The van der Waals surface area contributed by atoms with Gasteiger partial charge >= 0.3 is 0 Å². The lowest BCUT2D eigenvalue weighted by molar-refractivity contribution is 0.0951. The summed E-state index contributed by atoms with van der Waals surface area (Å²) < 4.78 is 0. The maximum atomic E-state index is 12.7. The SMILES string of the molecule is Cc1ccc(CNC(=O)c2cccnc2N2CCCCCC2)cc1. The maximum absolute atomic E-state index is 12.7. The number of carbonyl (C=O) groups is 1. The Morgan fingerprint density at radius 3 is 2.50 bits per heavy atom. The zero-order chi connectivity index (χ0) is 16.8. The number of hydrogen-bond acceptors (Lipinski definition) is 3. The smallest absolute Gasteiger partial charge is 0.255 e. The molecular formula is C20H25N3O. The molecule has 4 heteroatoms. The summed E-state index contributed by atoms with van der Waals surface area (Å²) in [5, 5.41) is 3.02. The second kappa shape index (κ2) is 7.95. The van der Waals surface area contributed by atoms with Crippen molar-refractivity contribution in [1.82, 2.24) is 10.3 Å². The molecule has 126 valence electrons. The molecule has 1 saturated heterocycles. The van der Waals surface area contributed by atoms with Crippen LogP contribution in [0.3, 0.4) is 0 Å². The number of nitrogens with one attached hydrogen (secondary N) is 1. The van der Waals surface area contributed by atoms with Crippen LogP contribution in [0.15, 0.2) is 42.6 Å². The van der Waals surface area contributed by atoms with Gasteiger partial charge in [-0.3, -0.25) is 4.79 Å². The Labute approximate surface area is 143 Å². The van der Waals surface area contributed by atoms with Crippen LogP contribution in [0.2, 0.25) is 0 Å². The van der Waals surface area contributed by atoms with E-state index in [1.165, 1.54) is 31.2 Å². The summed E-state index contributed by atoms with van der Waals surface area (Å²) >= 11 is 0. The zero-order valence-electron chi connectivity index (χ0n) is 14.3. The molecule has 1 fully saturated rings. The van der Waals surface area contributed by atoms with Crippen LogP contribution in [-0.2, 0) is 6.54 Å². The summed E-state index contributed by atoms with van der Waals surface area (Å²) in [5.74, 6) is 0.767. The van der Waals surface area contributed by atoms with Crippen molar-refractivity contribution in [3.05, 3.63) is 59.3 Å². The first-order valence-corrected chi connectivity index (χ1v) is 8.78. The van der Waals surface area contributed by atoms with E-state index in [1.54, 1.807) is 6.20 Å². The molecule has 3 rings (SSSR count). The summed E-state index contributed by atoms with van der Waals surface area (Å²) in [6, 6.07) is 11.9. The van der Waals surface area contributed by atoms with Crippen LogP contribution < -0.4 is 10.2 Å². The van der Waals surface area contributed by atoms with E-state index in [9.17, 15) is 4.79 Å². The number of aryl methyl sites for hydroxylation is 1. The highest BCUT2D eigenvalue weighted by atomic mass is 16.1. The number of carbonyl (C=O) groups excluding carboxylic acids is 1. The van der Waals surface area contributed by atoms with Gasteiger partial charge in [-0.15, -0.1) is 0 Å². The van der Waals surface area contributed by atoms with E-state index in [4.69, 9.17) is 0 Å². The third kappa shape index (κ3) is 4.13. The lowest BCUT2D eigenvalue weighted by atomic mass is 10.1. The predicted octanol–water partition coefficient (Wildman–Crippen LogP) is 3.70. The monoisotopic (exact) mass is 323 g/mol. The highest BCUT2D eigenvalue weighted by Gasteiger charge is 2.18. The van der Waals surface area contributed by atoms with Gasteiger partial charge in [0.25, 0.3) is 5.91 Å². The van der Waals surface area contributed by atoms with Gasteiger partial charge in [0.05, 0.1) is 5.56 Å². The van der Waals surface area contributed by atoms with E-state index >= 15 is 0 Å². The van der Waals surface area contributed by atoms with Gasteiger partial charge in [0, 0.05) is 25.8 Å². The minimum Gasteiger partial charge on any atom is -0.356 e. The van der Waals surface area contributed by atoms with E-state index in [1.807, 2.05) is 12.1 Å². The molecule has 0 atom stereocenters. The number of benzene rings is 1. The Balaban J connectivity index is 1.71. The lowest BCUT2D eigenvalue weighted by Gasteiger charge is -2.23. The Bertz CT molecular complexity index is 674. The van der Waals surface area contributed by atoms with E-state index in [-0.39, 0.29) is 5.91 Å². The number of rotatable bonds is 4. The van der Waals surface area contributed by atoms with Crippen LogP contribution in [0.4, 0.5) is 5.82 Å². The number of anilines is 1. The average Bonchev–Trinajstić information content (AvgIpc) is 2.90. The normalized spacial score (nSPS) is 15.0. The minimum absolute atomic E-state index is 0.0529. The molecule has 1 amide bonds. The third-order valence-electron chi connectivity index (χ3n) is 4.51. The molecular weight excluding hydrogens is 298 g/mol. The Morgan fingerprint density at radius 1 is 1.08 bits per heavy atom. The number of pyridine rings is 1. The summed E-state index contributed by atoms with van der Waals surface area (Å²) in [6.07, 6.45) is 6.63. The first-order chi connectivity index (χ1) is 11.7. The molecule has 1 N–H and O–H groups in total. The van der Waals surface area contributed by atoms with Gasteiger partial charge in [-0.2, -0.15) is 0 Å². The minimum atomic E-state index is -0.0529. The van der Waals surface area contributed by atoms with Crippen molar-refractivity contribution in [2.24, 2.45) is 0 Å². The largest absolute Gasteiger partial charge is 0.356 e. The third-order valence-corrected chi connectivity index (χ3v) is 4.51. The highest BCUT2D eigenvalue weighted by molar-refractivity contribution is 5.98. The van der Waals surface area contributed by atoms with Gasteiger partial charge in [-0.05, 0) is 37.5 Å². The van der Waals surface area contributed by atoms with Crippen LogP contribution in [-0.4, -0.2) is 24.0 Å². The van der Waals surface area contributed by atoms with Crippen LogP contribution in [0, 0.1) is 6.92 Å². The standard InChI is InChI=1S/C20H25N3O/c1-16-8-10-17(11-9-16)15-22-20(24)18-7-6-12-21-19(18)23-13-4-2-3-5-14-23/h6-12H,2-5,13-15H2,1H3,(H,22,24). The number of amides is 1. The van der Waals surface area contributed by atoms with E-state index in [0.29, 0.717) is 12.1 Å². The second-order valence-corrected chi connectivity index (χ2v) is 6.44. The van der Waals surface area contributed by atoms with Crippen LogP contribution in [0.5, 0.6) is 0 Å². The van der Waals surface area contributed by atoms with E-state index in [0.717, 1.165) is 24.5 Å². The molecule has 0 saturated carbocycles. The molecule has 4 nitrogen and oxygen atoms in total. The lowest BCUT2D eigenvalue weighted by Crippen LogP contribution is -2.30. The fourth-order valence-electron chi connectivity index (χ4n) is 3.09. The molecule has 1 aromatic carbocycles.